The van der Waals surface area contributed by atoms with Crippen LogP contribution in [0.15, 0.2) is 30.3 Å². The van der Waals surface area contributed by atoms with Crippen molar-refractivity contribution in [2.75, 3.05) is 13.6 Å². The zero-order valence-corrected chi connectivity index (χ0v) is 14.7. The highest BCUT2D eigenvalue weighted by molar-refractivity contribution is 5.87. The number of carbonyl (C=O) groups is 2. The number of nitrogens with zero attached hydrogens (tertiary/aromatic N) is 1. The van der Waals surface area contributed by atoms with Gasteiger partial charge in [0, 0.05) is 7.05 Å². The number of nitrogens with two attached hydrogens (primary N) is 1. The number of hydrogen-bond acceptors (Lipinski definition) is 3. The van der Waals surface area contributed by atoms with E-state index >= 15 is 0 Å². The Morgan fingerprint density at radius 2 is 1.65 bits per heavy atom. The van der Waals surface area contributed by atoms with Gasteiger partial charge in [0.15, 0.2) is 0 Å². The minimum atomic E-state index is -0.594. The summed E-state index contributed by atoms with van der Waals surface area (Å²) < 4.78 is 0. The molecule has 0 aliphatic heterocycles. The Kier molecular flexibility index (Phi) is 7.23. The zero-order chi connectivity index (χ0) is 17.6. The molecule has 0 spiro atoms. The van der Waals surface area contributed by atoms with Crippen LogP contribution in [-0.2, 0) is 9.59 Å². The summed E-state index contributed by atoms with van der Waals surface area (Å²) in [5.74, 6) is -0.116. The highest BCUT2D eigenvalue weighted by atomic mass is 16.2. The number of hydrogen-bond donors (Lipinski definition) is 2. The highest BCUT2D eigenvalue weighted by Gasteiger charge is 2.25. The number of carbonyl (C=O) groups excluding carboxylic acids is 2. The molecule has 3 N–H and O–H groups in total. The van der Waals surface area contributed by atoms with Crippen LogP contribution in [0.5, 0.6) is 0 Å². The lowest BCUT2D eigenvalue weighted by Crippen LogP contribution is -2.48. The number of nitrogens with one attached hydrogen (secondary N) is 1. The van der Waals surface area contributed by atoms with Gasteiger partial charge in [-0.1, -0.05) is 58.0 Å². The Hall–Kier alpha value is -1.88. The third kappa shape index (κ3) is 5.36. The van der Waals surface area contributed by atoms with Gasteiger partial charge < -0.3 is 16.0 Å². The summed E-state index contributed by atoms with van der Waals surface area (Å²) in [4.78, 5) is 26.0. The summed E-state index contributed by atoms with van der Waals surface area (Å²) >= 11 is 0. The first-order valence-corrected chi connectivity index (χ1v) is 8.09. The van der Waals surface area contributed by atoms with Crippen molar-refractivity contribution >= 4 is 11.8 Å². The van der Waals surface area contributed by atoms with Gasteiger partial charge in [0.25, 0.3) is 0 Å². The maximum Gasteiger partial charge on any atom is 0.242 e. The summed E-state index contributed by atoms with van der Waals surface area (Å²) in [5.41, 5.74) is 6.87. The van der Waals surface area contributed by atoms with E-state index in [9.17, 15) is 9.59 Å². The standard InChI is InChI=1S/C18H29N3O2/c1-12(2)16(19)18(23)20-11-15(22)21(5)17(13(3)4)14-9-7-6-8-10-14/h6-10,12-13,16-17H,11,19H2,1-5H3,(H,20,23)/t16-,17?/m0/s1. The Morgan fingerprint density at radius 3 is 2.13 bits per heavy atom. The molecule has 0 saturated carbocycles. The summed E-state index contributed by atoms with van der Waals surface area (Å²) in [6.07, 6.45) is 0. The van der Waals surface area contributed by atoms with Crippen LogP contribution in [0, 0.1) is 11.8 Å². The molecule has 1 aromatic carbocycles. The van der Waals surface area contributed by atoms with Crippen LogP contribution in [-0.4, -0.2) is 36.3 Å². The lowest BCUT2D eigenvalue weighted by molar-refractivity contribution is -0.134. The molecule has 0 bridgehead atoms. The molecule has 1 rings (SSSR count). The predicted molar refractivity (Wildman–Crippen MR) is 92.6 cm³/mol. The van der Waals surface area contributed by atoms with Gasteiger partial charge in [0.2, 0.25) is 11.8 Å². The summed E-state index contributed by atoms with van der Waals surface area (Å²) in [7, 11) is 1.77. The minimum Gasteiger partial charge on any atom is -0.346 e. The average Bonchev–Trinajstić information content (AvgIpc) is 2.52. The van der Waals surface area contributed by atoms with Crippen LogP contribution in [0.4, 0.5) is 0 Å². The quantitative estimate of drug-likeness (QED) is 0.806. The fourth-order valence-corrected chi connectivity index (χ4v) is 2.57. The van der Waals surface area contributed by atoms with Crippen molar-refractivity contribution in [2.24, 2.45) is 17.6 Å². The van der Waals surface area contributed by atoms with Crippen molar-refractivity contribution in [1.82, 2.24) is 10.2 Å². The van der Waals surface area contributed by atoms with E-state index in [1.807, 2.05) is 44.2 Å². The fraction of sp³-hybridized carbons (Fsp3) is 0.556. The maximum atomic E-state index is 12.4. The molecular weight excluding hydrogens is 290 g/mol. The SMILES string of the molecule is CC(C)C(c1ccccc1)N(C)C(=O)CNC(=O)[C@@H](N)C(C)C. The second kappa shape index (κ2) is 8.67. The minimum absolute atomic E-state index is 0.0284. The van der Waals surface area contributed by atoms with Crippen molar-refractivity contribution in [3.05, 3.63) is 35.9 Å². The van der Waals surface area contributed by atoms with Gasteiger partial charge in [-0.15, -0.1) is 0 Å². The zero-order valence-electron chi connectivity index (χ0n) is 14.7. The Morgan fingerprint density at radius 1 is 1.09 bits per heavy atom. The molecule has 0 aromatic heterocycles. The van der Waals surface area contributed by atoms with E-state index in [2.05, 4.69) is 19.2 Å². The third-order valence-corrected chi connectivity index (χ3v) is 4.02. The molecule has 128 valence electrons. The van der Waals surface area contributed by atoms with Gasteiger partial charge in [-0.3, -0.25) is 9.59 Å². The molecule has 2 atom stereocenters. The summed E-state index contributed by atoms with van der Waals surface area (Å²) in [5, 5.41) is 2.63. The Bertz CT molecular complexity index is 514. The highest BCUT2D eigenvalue weighted by Crippen LogP contribution is 2.27. The van der Waals surface area contributed by atoms with Crippen LogP contribution >= 0.6 is 0 Å². The van der Waals surface area contributed by atoms with Crippen LogP contribution in [0.2, 0.25) is 0 Å². The molecule has 0 radical (unpaired) electrons. The molecule has 0 saturated heterocycles. The van der Waals surface area contributed by atoms with Crippen LogP contribution in [0.25, 0.3) is 0 Å². The van der Waals surface area contributed by atoms with E-state index in [4.69, 9.17) is 5.73 Å². The number of benzene rings is 1. The van der Waals surface area contributed by atoms with Gasteiger partial charge in [-0.05, 0) is 17.4 Å². The van der Waals surface area contributed by atoms with E-state index in [-0.39, 0.29) is 36.2 Å². The summed E-state index contributed by atoms with van der Waals surface area (Å²) in [6.45, 7) is 7.87. The van der Waals surface area contributed by atoms with E-state index in [0.717, 1.165) is 5.56 Å². The second-order valence-electron chi connectivity index (χ2n) is 6.59. The van der Waals surface area contributed by atoms with Crippen molar-refractivity contribution < 1.29 is 9.59 Å². The average molecular weight is 319 g/mol. The lowest BCUT2D eigenvalue weighted by atomic mass is 9.94. The molecule has 0 heterocycles. The van der Waals surface area contributed by atoms with Gasteiger partial charge in [0.05, 0.1) is 18.6 Å². The molecule has 5 heteroatoms. The van der Waals surface area contributed by atoms with Gasteiger partial charge in [0.1, 0.15) is 0 Å². The molecule has 2 amide bonds. The topological polar surface area (TPSA) is 75.4 Å². The second-order valence-corrected chi connectivity index (χ2v) is 6.59. The van der Waals surface area contributed by atoms with Crippen LogP contribution in [0.1, 0.15) is 39.3 Å². The number of rotatable bonds is 7. The van der Waals surface area contributed by atoms with E-state index in [1.54, 1.807) is 11.9 Å². The van der Waals surface area contributed by atoms with Crippen LogP contribution in [0.3, 0.4) is 0 Å². The van der Waals surface area contributed by atoms with Crippen molar-refractivity contribution in [3.8, 4) is 0 Å². The molecule has 0 aliphatic rings. The van der Waals surface area contributed by atoms with Gasteiger partial charge in [-0.25, -0.2) is 0 Å². The Balaban J connectivity index is 2.72. The first-order chi connectivity index (χ1) is 10.8. The molecular formula is C18H29N3O2. The third-order valence-electron chi connectivity index (χ3n) is 4.02. The maximum absolute atomic E-state index is 12.4. The normalized spacial score (nSPS) is 13.7. The molecule has 0 aliphatic carbocycles. The van der Waals surface area contributed by atoms with Crippen molar-refractivity contribution in [2.45, 2.75) is 39.8 Å². The van der Waals surface area contributed by atoms with Gasteiger partial charge >= 0.3 is 0 Å². The monoisotopic (exact) mass is 319 g/mol. The first-order valence-electron chi connectivity index (χ1n) is 8.09. The van der Waals surface area contributed by atoms with Crippen LogP contribution < -0.4 is 11.1 Å². The van der Waals surface area contributed by atoms with Crippen molar-refractivity contribution in [3.63, 3.8) is 0 Å². The predicted octanol–water partition coefficient (Wildman–Crippen LogP) is 1.94. The number of amides is 2. The fourth-order valence-electron chi connectivity index (χ4n) is 2.57. The molecule has 5 nitrogen and oxygen atoms in total. The molecule has 1 aromatic rings. The Labute approximate surface area is 139 Å². The molecule has 1 unspecified atom stereocenters. The molecule has 0 fully saturated rings. The first kappa shape index (κ1) is 19.2. The lowest BCUT2D eigenvalue weighted by Gasteiger charge is -2.32. The van der Waals surface area contributed by atoms with E-state index in [0.29, 0.717) is 0 Å². The number of likely N-dealkylation sites (N-methyl/N-ethyl adjacent to an activating group) is 1. The van der Waals surface area contributed by atoms with Gasteiger partial charge in [-0.2, -0.15) is 0 Å². The smallest absolute Gasteiger partial charge is 0.242 e. The molecule has 23 heavy (non-hydrogen) atoms. The van der Waals surface area contributed by atoms with E-state index in [1.165, 1.54) is 0 Å². The van der Waals surface area contributed by atoms with E-state index < -0.39 is 6.04 Å². The summed E-state index contributed by atoms with van der Waals surface area (Å²) in [6, 6.07) is 9.29. The van der Waals surface area contributed by atoms with Crippen molar-refractivity contribution in [1.29, 1.82) is 0 Å². The largest absolute Gasteiger partial charge is 0.346 e.